The first-order valence-corrected chi connectivity index (χ1v) is 6.70. The maximum absolute atomic E-state index is 5.86. The molecule has 1 saturated heterocycles. The summed E-state index contributed by atoms with van der Waals surface area (Å²) in [5.41, 5.74) is 8.46. The summed E-state index contributed by atoms with van der Waals surface area (Å²) in [6.45, 7) is 5.14. The van der Waals surface area contributed by atoms with Crippen molar-refractivity contribution in [1.29, 1.82) is 0 Å². The average molecular weight is 236 g/mol. The van der Waals surface area contributed by atoms with Crippen LogP contribution in [0.5, 0.6) is 0 Å². The zero-order valence-corrected chi connectivity index (χ0v) is 11.0. The summed E-state index contributed by atoms with van der Waals surface area (Å²) < 4.78 is 1.93. The van der Waals surface area contributed by atoms with E-state index in [1.807, 2.05) is 11.7 Å². The quantitative estimate of drug-likeness (QED) is 0.857. The highest BCUT2D eigenvalue weighted by molar-refractivity contribution is 5.17. The first-order valence-electron chi connectivity index (χ1n) is 6.70. The minimum Gasteiger partial charge on any atom is -0.329 e. The summed E-state index contributed by atoms with van der Waals surface area (Å²) in [5.74, 6) is 0. The van der Waals surface area contributed by atoms with Crippen molar-refractivity contribution in [3.63, 3.8) is 0 Å². The largest absolute Gasteiger partial charge is 0.329 e. The van der Waals surface area contributed by atoms with Gasteiger partial charge in [0.15, 0.2) is 0 Å². The van der Waals surface area contributed by atoms with E-state index in [9.17, 15) is 0 Å². The molecule has 4 heteroatoms. The molecule has 1 atom stereocenters. The van der Waals surface area contributed by atoms with Crippen LogP contribution in [-0.4, -0.2) is 33.8 Å². The lowest BCUT2D eigenvalue weighted by Crippen LogP contribution is -2.43. The number of nitrogens with two attached hydrogens (primary N) is 1. The number of nitrogens with zero attached hydrogens (tertiary/aromatic N) is 3. The molecule has 96 valence electrons. The van der Waals surface area contributed by atoms with Crippen molar-refractivity contribution in [3.05, 3.63) is 17.5 Å². The summed E-state index contributed by atoms with van der Waals surface area (Å²) in [7, 11) is 2.00. The molecular weight excluding hydrogens is 212 g/mol. The van der Waals surface area contributed by atoms with Crippen molar-refractivity contribution >= 4 is 0 Å². The second kappa shape index (κ2) is 5.65. The Bertz CT molecular complexity index is 358. The third kappa shape index (κ3) is 2.87. The van der Waals surface area contributed by atoms with Gasteiger partial charge in [0.25, 0.3) is 0 Å². The zero-order chi connectivity index (χ0) is 12.3. The minimum absolute atomic E-state index is 0.564. The van der Waals surface area contributed by atoms with Crippen molar-refractivity contribution in [2.75, 3.05) is 13.1 Å². The lowest BCUT2D eigenvalue weighted by molar-refractivity contribution is 0.144. The van der Waals surface area contributed by atoms with Crippen LogP contribution >= 0.6 is 0 Å². The van der Waals surface area contributed by atoms with Crippen molar-refractivity contribution in [1.82, 2.24) is 14.7 Å². The smallest absolute Gasteiger partial charge is 0.0666 e. The Morgan fingerprint density at radius 3 is 3.00 bits per heavy atom. The van der Waals surface area contributed by atoms with E-state index in [0.29, 0.717) is 6.04 Å². The van der Waals surface area contributed by atoms with E-state index in [4.69, 9.17) is 5.73 Å². The molecule has 1 unspecified atom stereocenters. The van der Waals surface area contributed by atoms with Crippen LogP contribution in [0.1, 0.15) is 37.4 Å². The third-order valence-electron chi connectivity index (χ3n) is 3.72. The van der Waals surface area contributed by atoms with Crippen molar-refractivity contribution in [2.24, 2.45) is 12.8 Å². The Kier molecular flexibility index (Phi) is 4.18. The lowest BCUT2D eigenvalue weighted by Gasteiger charge is -2.34. The van der Waals surface area contributed by atoms with Gasteiger partial charge in [-0.1, -0.05) is 13.3 Å². The van der Waals surface area contributed by atoms with E-state index >= 15 is 0 Å². The van der Waals surface area contributed by atoms with Crippen LogP contribution in [0.2, 0.25) is 0 Å². The van der Waals surface area contributed by atoms with E-state index in [1.165, 1.54) is 37.1 Å². The van der Waals surface area contributed by atoms with Gasteiger partial charge >= 0.3 is 0 Å². The molecule has 1 aliphatic heterocycles. The standard InChI is InChI=1S/C13H24N4/c1-3-13-11(9-16(2)15-13)10-17-7-5-4-6-12(17)8-14/h9,12H,3-8,10,14H2,1-2H3. The first-order chi connectivity index (χ1) is 8.24. The van der Waals surface area contributed by atoms with Gasteiger partial charge in [-0.2, -0.15) is 5.10 Å². The van der Waals surface area contributed by atoms with Crippen LogP contribution in [0, 0.1) is 0 Å². The highest BCUT2D eigenvalue weighted by Crippen LogP contribution is 2.20. The number of likely N-dealkylation sites (tertiary alicyclic amines) is 1. The van der Waals surface area contributed by atoms with E-state index in [-0.39, 0.29) is 0 Å². The monoisotopic (exact) mass is 236 g/mol. The summed E-state index contributed by atoms with van der Waals surface area (Å²) in [4.78, 5) is 2.53. The van der Waals surface area contributed by atoms with Crippen LogP contribution in [0.25, 0.3) is 0 Å². The van der Waals surface area contributed by atoms with Gasteiger partial charge in [0.1, 0.15) is 0 Å². The molecule has 0 aliphatic carbocycles. The Balaban J connectivity index is 2.07. The fraction of sp³-hybridized carbons (Fsp3) is 0.769. The Labute approximate surface area is 104 Å². The molecule has 4 nitrogen and oxygen atoms in total. The molecule has 0 radical (unpaired) electrons. The van der Waals surface area contributed by atoms with Crippen molar-refractivity contribution in [3.8, 4) is 0 Å². The molecule has 0 amide bonds. The van der Waals surface area contributed by atoms with Crippen molar-refractivity contribution < 1.29 is 0 Å². The van der Waals surface area contributed by atoms with E-state index in [1.54, 1.807) is 0 Å². The zero-order valence-electron chi connectivity index (χ0n) is 11.0. The van der Waals surface area contributed by atoms with Gasteiger partial charge < -0.3 is 5.73 Å². The molecular formula is C13H24N4. The lowest BCUT2D eigenvalue weighted by atomic mass is 10.0. The summed E-state index contributed by atoms with van der Waals surface area (Å²) in [5, 5.41) is 4.50. The van der Waals surface area contributed by atoms with Crippen LogP contribution in [0.3, 0.4) is 0 Å². The summed E-state index contributed by atoms with van der Waals surface area (Å²) in [6, 6.07) is 0.564. The molecule has 1 fully saturated rings. The van der Waals surface area contributed by atoms with Crippen molar-refractivity contribution in [2.45, 2.75) is 45.2 Å². The minimum atomic E-state index is 0.564. The normalized spacial score (nSPS) is 21.9. The Morgan fingerprint density at radius 2 is 2.29 bits per heavy atom. The fourth-order valence-electron chi connectivity index (χ4n) is 2.77. The van der Waals surface area contributed by atoms with Crippen LogP contribution in [-0.2, 0) is 20.0 Å². The molecule has 1 aromatic heterocycles. The first kappa shape index (κ1) is 12.6. The van der Waals surface area contributed by atoms with Crippen LogP contribution in [0.4, 0.5) is 0 Å². The van der Waals surface area contributed by atoms with Gasteiger partial charge in [0.05, 0.1) is 5.69 Å². The molecule has 1 aromatic rings. The molecule has 0 aromatic carbocycles. The van der Waals surface area contributed by atoms with Gasteiger partial charge in [-0.25, -0.2) is 0 Å². The summed E-state index contributed by atoms with van der Waals surface area (Å²) in [6.07, 6.45) is 7.04. The number of hydrogen-bond acceptors (Lipinski definition) is 3. The molecule has 0 saturated carbocycles. The molecule has 1 aliphatic rings. The molecule has 2 N–H and O–H groups in total. The predicted molar refractivity (Wildman–Crippen MR) is 69.7 cm³/mol. The number of rotatable bonds is 4. The van der Waals surface area contributed by atoms with Crippen LogP contribution in [0.15, 0.2) is 6.20 Å². The van der Waals surface area contributed by atoms with Gasteiger partial charge in [-0.15, -0.1) is 0 Å². The maximum atomic E-state index is 5.86. The number of aryl methyl sites for hydroxylation is 2. The second-order valence-electron chi connectivity index (χ2n) is 4.98. The SMILES string of the molecule is CCc1nn(C)cc1CN1CCCCC1CN. The van der Waals surface area contributed by atoms with E-state index in [0.717, 1.165) is 19.5 Å². The summed E-state index contributed by atoms with van der Waals surface area (Å²) >= 11 is 0. The fourth-order valence-corrected chi connectivity index (χ4v) is 2.77. The molecule has 17 heavy (non-hydrogen) atoms. The van der Waals surface area contributed by atoms with Gasteiger partial charge in [-0.3, -0.25) is 9.58 Å². The highest BCUT2D eigenvalue weighted by Gasteiger charge is 2.22. The van der Waals surface area contributed by atoms with Gasteiger partial charge in [-0.05, 0) is 25.8 Å². The topological polar surface area (TPSA) is 47.1 Å². The van der Waals surface area contributed by atoms with Gasteiger partial charge in [0.2, 0.25) is 0 Å². The molecule has 0 spiro atoms. The number of hydrogen-bond donors (Lipinski definition) is 1. The predicted octanol–water partition coefficient (Wildman–Crippen LogP) is 1.30. The van der Waals surface area contributed by atoms with Gasteiger partial charge in [0, 0.05) is 37.9 Å². The van der Waals surface area contributed by atoms with E-state index < -0.39 is 0 Å². The number of aromatic nitrogens is 2. The molecule has 0 bridgehead atoms. The average Bonchev–Trinajstić information content (AvgIpc) is 2.70. The third-order valence-corrected chi connectivity index (χ3v) is 3.72. The Morgan fingerprint density at radius 1 is 1.47 bits per heavy atom. The highest BCUT2D eigenvalue weighted by atomic mass is 15.3. The van der Waals surface area contributed by atoms with Crippen LogP contribution < -0.4 is 5.73 Å². The second-order valence-corrected chi connectivity index (χ2v) is 4.98. The van der Waals surface area contributed by atoms with E-state index in [2.05, 4.69) is 23.1 Å². The Hall–Kier alpha value is -0.870. The molecule has 2 rings (SSSR count). The molecule has 2 heterocycles. The number of piperidine rings is 1. The maximum Gasteiger partial charge on any atom is 0.0666 e.